The molecule has 2 aromatic carbocycles. The standard InChI is InChI=1S/C25H20N6O2/c1-2-13-27-22-18(16-28-25(30-22)29-19-11-9-17(15-26)10-12-19)6-5-14-31-23(32)20-7-3-4-8-21(20)24(31)33/h3-4,7-12,16H,2,13-14H2,1H3,(H2,27,28,29,30). The van der Waals surface area contributed by atoms with E-state index in [-0.39, 0.29) is 18.4 Å². The van der Waals surface area contributed by atoms with Gasteiger partial charge in [-0.05, 0) is 42.8 Å². The van der Waals surface area contributed by atoms with Crippen LogP contribution in [0.1, 0.15) is 45.2 Å². The van der Waals surface area contributed by atoms with Gasteiger partial charge in [0.25, 0.3) is 11.8 Å². The SMILES string of the molecule is CCCNc1nc(Nc2ccc(C#N)cc2)ncc1C#CCN1C(=O)c2ccccc2C1=O. The molecular formula is C25H20N6O2. The Bertz CT molecular complexity index is 1280. The van der Waals surface area contributed by atoms with Crippen molar-refractivity contribution in [1.82, 2.24) is 14.9 Å². The molecule has 8 nitrogen and oxygen atoms in total. The summed E-state index contributed by atoms with van der Waals surface area (Å²) in [6.45, 7) is 2.71. The number of hydrogen-bond acceptors (Lipinski definition) is 7. The molecule has 0 bridgehead atoms. The van der Waals surface area contributed by atoms with E-state index in [9.17, 15) is 9.59 Å². The molecule has 2 N–H and O–H groups in total. The normalized spacial score (nSPS) is 11.9. The zero-order valence-corrected chi connectivity index (χ0v) is 17.9. The van der Waals surface area contributed by atoms with Gasteiger partial charge in [-0.15, -0.1) is 0 Å². The van der Waals surface area contributed by atoms with Crippen molar-refractivity contribution in [3.8, 4) is 17.9 Å². The number of imide groups is 1. The fourth-order valence-corrected chi connectivity index (χ4v) is 3.27. The quantitative estimate of drug-likeness (QED) is 0.449. The molecule has 0 atom stereocenters. The molecule has 8 heteroatoms. The third-order valence-corrected chi connectivity index (χ3v) is 4.94. The molecule has 33 heavy (non-hydrogen) atoms. The second-order valence-electron chi connectivity index (χ2n) is 7.24. The molecule has 2 heterocycles. The number of hydrogen-bond donors (Lipinski definition) is 2. The third kappa shape index (κ3) is 4.65. The van der Waals surface area contributed by atoms with Gasteiger partial charge in [0.2, 0.25) is 5.95 Å². The number of rotatable bonds is 6. The minimum absolute atomic E-state index is 0.0230. The number of nitrogens with zero attached hydrogens (tertiary/aromatic N) is 4. The van der Waals surface area contributed by atoms with E-state index in [1.54, 1.807) is 54.7 Å². The predicted octanol–water partition coefficient (Wildman–Crippen LogP) is 3.56. The van der Waals surface area contributed by atoms with Crippen LogP contribution in [-0.2, 0) is 0 Å². The summed E-state index contributed by atoms with van der Waals surface area (Å²) >= 11 is 0. The Labute approximate surface area is 191 Å². The van der Waals surface area contributed by atoms with Crippen molar-refractivity contribution in [3.63, 3.8) is 0 Å². The predicted molar refractivity (Wildman–Crippen MR) is 124 cm³/mol. The van der Waals surface area contributed by atoms with Crippen LogP contribution in [0.15, 0.2) is 54.7 Å². The number of nitriles is 1. The van der Waals surface area contributed by atoms with Crippen LogP contribution >= 0.6 is 0 Å². The Kier molecular flexibility index (Phi) is 6.28. The molecule has 0 saturated heterocycles. The summed E-state index contributed by atoms with van der Waals surface area (Å²) in [6.07, 6.45) is 2.48. The van der Waals surface area contributed by atoms with E-state index in [2.05, 4.69) is 38.5 Å². The number of anilines is 3. The van der Waals surface area contributed by atoms with Crippen LogP contribution in [0.4, 0.5) is 17.5 Å². The molecule has 2 amide bonds. The van der Waals surface area contributed by atoms with E-state index in [0.717, 1.165) is 17.0 Å². The fourth-order valence-electron chi connectivity index (χ4n) is 3.27. The van der Waals surface area contributed by atoms with Crippen LogP contribution in [0.25, 0.3) is 0 Å². The number of amides is 2. The molecular weight excluding hydrogens is 416 g/mol. The van der Waals surface area contributed by atoms with Crippen molar-refractivity contribution in [2.24, 2.45) is 0 Å². The number of benzene rings is 2. The summed E-state index contributed by atoms with van der Waals surface area (Å²) in [4.78, 5) is 35.0. The third-order valence-electron chi connectivity index (χ3n) is 4.94. The molecule has 1 aliphatic heterocycles. The first kappa shape index (κ1) is 21.5. The van der Waals surface area contributed by atoms with Crippen molar-refractivity contribution in [1.29, 1.82) is 5.26 Å². The van der Waals surface area contributed by atoms with E-state index in [0.29, 0.717) is 40.6 Å². The molecule has 0 aliphatic carbocycles. The average molecular weight is 436 g/mol. The minimum atomic E-state index is -0.340. The molecule has 0 spiro atoms. The molecule has 1 aromatic heterocycles. The van der Waals surface area contributed by atoms with Gasteiger partial charge in [-0.25, -0.2) is 4.98 Å². The lowest BCUT2D eigenvalue weighted by Crippen LogP contribution is -2.30. The summed E-state index contributed by atoms with van der Waals surface area (Å²) in [5.41, 5.74) is 2.67. The van der Waals surface area contributed by atoms with Crippen LogP contribution in [0.2, 0.25) is 0 Å². The molecule has 1 aliphatic rings. The molecule has 0 unspecified atom stereocenters. The number of aromatic nitrogens is 2. The van der Waals surface area contributed by atoms with E-state index in [1.165, 1.54) is 0 Å². The van der Waals surface area contributed by atoms with E-state index in [4.69, 9.17) is 5.26 Å². The first-order chi connectivity index (χ1) is 16.1. The fraction of sp³-hybridized carbons (Fsp3) is 0.160. The molecule has 0 saturated carbocycles. The summed E-state index contributed by atoms with van der Waals surface area (Å²) in [7, 11) is 0. The highest BCUT2D eigenvalue weighted by Crippen LogP contribution is 2.22. The second kappa shape index (κ2) is 9.63. The molecule has 162 valence electrons. The van der Waals surface area contributed by atoms with Crippen molar-refractivity contribution in [3.05, 3.63) is 77.0 Å². The lowest BCUT2D eigenvalue weighted by Gasteiger charge is -2.10. The smallest absolute Gasteiger partial charge is 0.262 e. The summed E-state index contributed by atoms with van der Waals surface area (Å²) in [6, 6.07) is 15.8. The van der Waals surface area contributed by atoms with Gasteiger partial charge in [0.15, 0.2) is 0 Å². The van der Waals surface area contributed by atoms with Gasteiger partial charge in [-0.1, -0.05) is 30.9 Å². The van der Waals surface area contributed by atoms with Crippen molar-refractivity contribution in [2.45, 2.75) is 13.3 Å². The lowest BCUT2D eigenvalue weighted by atomic mass is 10.1. The van der Waals surface area contributed by atoms with Crippen LogP contribution in [0.5, 0.6) is 0 Å². The number of carbonyl (C=O) groups excluding carboxylic acids is 2. The van der Waals surface area contributed by atoms with Crippen molar-refractivity contribution < 1.29 is 9.59 Å². The summed E-state index contributed by atoms with van der Waals surface area (Å²) < 4.78 is 0. The highest BCUT2D eigenvalue weighted by Gasteiger charge is 2.34. The van der Waals surface area contributed by atoms with Gasteiger partial charge in [0, 0.05) is 12.2 Å². The van der Waals surface area contributed by atoms with Crippen LogP contribution in [0, 0.1) is 23.2 Å². The van der Waals surface area contributed by atoms with Crippen LogP contribution in [-0.4, -0.2) is 39.8 Å². The van der Waals surface area contributed by atoms with Crippen molar-refractivity contribution in [2.75, 3.05) is 23.7 Å². The van der Waals surface area contributed by atoms with Gasteiger partial charge in [0.05, 0.1) is 41.1 Å². The van der Waals surface area contributed by atoms with Crippen molar-refractivity contribution >= 4 is 29.3 Å². The molecule has 0 fully saturated rings. The minimum Gasteiger partial charge on any atom is -0.369 e. The van der Waals surface area contributed by atoms with E-state index < -0.39 is 0 Å². The average Bonchev–Trinajstić information content (AvgIpc) is 3.09. The van der Waals surface area contributed by atoms with Gasteiger partial charge in [0.1, 0.15) is 5.82 Å². The Morgan fingerprint density at radius 1 is 1.03 bits per heavy atom. The summed E-state index contributed by atoms with van der Waals surface area (Å²) in [5, 5.41) is 15.3. The van der Waals surface area contributed by atoms with Gasteiger partial charge in [-0.2, -0.15) is 10.2 Å². The maximum absolute atomic E-state index is 12.5. The van der Waals surface area contributed by atoms with E-state index in [1.807, 2.05) is 6.92 Å². The summed E-state index contributed by atoms with van der Waals surface area (Å²) in [5.74, 6) is 6.13. The second-order valence-corrected chi connectivity index (χ2v) is 7.24. The highest BCUT2D eigenvalue weighted by molar-refractivity contribution is 6.21. The first-order valence-electron chi connectivity index (χ1n) is 10.4. The zero-order valence-electron chi connectivity index (χ0n) is 17.9. The number of fused-ring (bicyclic) bond motifs is 1. The number of nitrogens with one attached hydrogen (secondary N) is 2. The Morgan fingerprint density at radius 3 is 2.36 bits per heavy atom. The first-order valence-corrected chi connectivity index (χ1v) is 10.4. The van der Waals surface area contributed by atoms with Gasteiger partial charge >= 0.3 is 0 Å². The van der Waals surface area contributed by atoms with Gasteiger partial charge < -0.3 is 10.6 Å². The Hall–Kier alpha value is -4.69. The van der Waals surface area contributed by atoms with E-state index >= 15 is 0 Å². The maximum atomic E-state index is 12.5. The highest BCUT2D eigenvalue weighted by atomic mass is 16.2. The largest absolute Gasteiger partial charge is 0.369 e. The van der Waals surface area contributed by atoms with Crippen LogP contribution in [0.3, 0.4) is 0 Å². The Balaban J connectivity index is 1.52. The molecule has 4 rings (SSSR count). The lowest BCUT2D eigenvalue weighted by molar-refractivity contribution is 0.0675. The topological polar surface area (TPSA) is 111 Å². The maximum Gasteiger partial charge on any atom is 0.262 e. The molecule has 0 radical (unpaired) electrons. The zero-order chi connectivity index (χ0) is 23.2. The van der Waals surface area contributed by atoms with Gasteiger partial charge in [-0.3, -0.25) is 14.5 Å². The monoisotopic (exact) mass is 436 g/mol. The number of carbonyl (C=O) groups is 2. The molecule has 3 aromatic rings. The Morgan fingerprint density at radius 2 is 1.73 bits per heavy atom. The van der Waals surface area contributed by atoms with Crippen LogP contribution < -0.4 is 10.6 Å².